The molecule has 18 heavy (non-hydrogen) atoms. The van der Waals surface area contributed by atoms with E-state index in [1.54, 1.807) is 0 Å². The van der Waals surface area contributed by atoms with Crippen molar-refractivity contribution in [1.29, 1.82) is 0 Å². The largest absolute Gasteiger partial charge is 0.391 e. The highest BCUT2D eigenvalue weighted by molar-refractivity contribution is 7.70. The van der Waals surface area contributed by atoms with Crippen LogP contribution in [-0.4, -0.2) is 36.7 Å². The van der Waals surface area contributed by atoms with Crippen LogP contribution < -0.4 is 5.73 Å². The number of rotatable bonds is 8. The van der Waals surface area contributed by atoms with E-state index in [-0.39, 0.29) is 12.8 Å². The van der Waals surface area contributed by atoms with Crippen molar-refractivity contribution < 1.29 is 38.3 Å². The molecular weight excluding hydrogens is 288 g/mol. The van der Waals surface area contributed by atoms with E-state index in [0.717, 1.165) is 0 Å². The summed E-state index contributed by atoms with van der Waals surface area (Å²) in [6, 6.07) is -0.866. The third-order valence-electron chi connectivity index (χ3n) is 2.05. The predicted octanol–water partition coefficient (Wildman–Crippen LogP) is -0.717. The summed E-state index contributed by atoms with van der Waals surface area (Å²) >= 11 is 0. The van der Waals surface area contributed by atoms with Gasteiger partial charge in [0, 0.05) is 18.9 Å². The molecule has 0 rings (SSSR count). The van der Waals surface area contributed by atoms with Crippen LogP contribution in [0.15, 0.2) is 0 Å². The van der Waals surface area contributed by atoms with Gasteiger partial charge in [0.05, 0.1) is 0 Å². The lowest BCUT2D eigenvalue weighted by Gasteiger charge is -2.10. The number of carbonyl (C=O) groups is 2. The Morgan fingerprint density at radius 1 is 1.00 bits per heavy atom. The first-order valence-electron chi connectivity index (χ1n) is 4.88. The van der Waals surface area contributed by atoms with Crippen LogP contribution in [0, 0.1) is 0 Å². The molecular formula is C7H15NO8P2. The van der Waals surface area contributed by atoms with Gasteiger partial charge in [-0.3, -0.25) is 18.7 Å². The van der Waals surface area contributed by atoms with Gasteiger partial charge in [0.1, 0.15) is 0 Å². The molecule has 9 nitrogen and oxygen atoms in total. The van der Waals surface area contributed by atoms with E-state index in [2.05, 4.69) is 0 Å². The van der Waals surface area contributed by atoms with Gasteiger partial charge in [0.15, 0.2) is 0 Å². The van der Waals surface area contributed by atoms with E-state index >= 15 is 0 Å². The first kappa shape index (κ1) is 17.6. The molecule has 0 heterocycles. The number of nitrogens with two attached hydrogens (primary N) is 1. The van der Waals surface area contributed by atoms with Crippen molar-refractivity contribution in [2.24, 2.45) is 5.73 Å². The monoisotopic (exact) mass is 303 g/mol. The van der Waals surface area contributed by atoms with Gasteiger partial charge in [-0.15, -0.1) is 0 Å². The third kappa shape index (κ3) is 7.13. The molecule has 1 unspecified atom stereocenters. The summed E-state index contributed by atoms with van der Waals surface area (Å²) in [7, 11) is -9.54. The van der Waals surface area contributed by atoms with E-state index < -0.39 is 45.1 Å². The number of carbonyl (C=O) groups excluding carboxylic acids is 2. The maximum absolute atomic E-state index is 10.9. The Hall–Kier alpha value is -0.400. The number of hydrogen-bond donors (Lipinski definition) is 5. The Morgan fingerprint density at radius 2 is 1.44 bits per heavy atom. The minimum absolute atomic E-state index is 0.0273. The summed E-state index contributed by atoms with van der Waals surface area (Å²) in [4.78, 5) is 55.7. The van der Waals surface area contributed by atoms with Gasteiger partial charge in [-0.25, -0.2) is 0 Å². The Kier molecular flexibility index (Phi) is 6.53. The predicted molar refractivity (Wildman–Crippen MR) is 60.5 cm³/mol. The van der Waals surface area contributed by atoms with E-state index in [9.17, 15) is 18.7 Å². The zero-order valence-corrected chi connectivity index (χ0v) is 11.1. The topological polar surface area (TPSA) is 175 Å². The van der Waals surface area contributed by atoms with Crippen molar-refractivity contribution >= 4 is 26.2 Å². The molecule has 0 aliphatic rings. The lowest BCUT2D eigenvalue weighted by molar-refractivity contribution is -0.113. The molecule has 1 atom stereocenters. The van der Waals surface area contributed by atoms with Gasteiger partial charge in [-0.2, -0.15) is 0 Å². The van der Waals surface area contributed by atoms with Gasteiger partial charge in [0.2, 0.25) is 11.0 Å². The summed E-state index contributed by atoms with van der Waals surface area (Å²) in [5.74, 6) is 0. The average Bonchev–Trinajstić information content (AvgIpc) is 2.14. The lowest BCUT2D eigenvalue weighted by atomic mass is 10.1. The van der Waals surface area contributed by atoms with Crippen molar-refractivity contribution in [1.82, 2.24) is 0 Å². The van der Waals surface area contributed by atoms with Crippen LogP contribution in [0.4, 0.5) is 0 Å². The average molecular weight is 303 g/mol. The van der Waals surface area contributed by atoms with Crippen molar-refractivity contribution in [3.63, 3.8) is 0 Å². The van der Waals surface area contributed by atoms with Crippen LogP contribution in [0.1, 0.15) is 25.7 Å². The standard InChI is InChI=1S/C7H15NO8P2/c8-5(4-7(10)18(14,15)16)2-1-3-6(9)17(11,12)13/h5H,1-4,8H2,(H2,11,12,13)(H2,14,15,16). The molecule has 0 bridgehead atoms. The highest BCUT2D eigenvalue weighted by Crippen LogP contribution is 2.38. The van der Waals surface area contributed by atoms with Crippen LogP contribution >= 0.6 is 15.2 Å². The SMILES string of the molecule is NC(CCCC(=O)P(=O)(O)O)CC(=O)P(=O)(O)O. The van der Waals surface area contributed by atoms with Gasteiger partial charge in [-0.05, 0) is 12.8 Å². The van der Waals surface area contributed by atoms with Gasteiger partial charge < -0.3 is 25.3 Å². The molecule has 0 saturated carbocycles. The molecule has 106 valence electrons. The van der Waals surface area contributed by atoms with E-state index in [0.29, 0.717) is 0 Å². The van der Waals surface area contributed by atoms with Gasteiger partial charge in [-0.1, -0.05) is 0 Å². The lowest BCUT2D eigenvalue weighted by Crippen LogP contribution is -2.24. The highest BCUT2D eigenvalue weighted by atomic mass is 31.2. The molecule has 11 heteroatoms. The quantitative estimate of drug-likeness (QED) is 0.362. The highest BCUT2D eigenvalue weighted by Gasteiger charge is 2.28. The van der Waals surface area contributed by atoms with Crippen LogP contribution in [0.5, 0.6) is 0 Å². The van der Waals surface area contributed by atoms with Crippen LogP contribution in [-0.2, 0) is 18.7 Å². The van der Waals surface area contributed by atoms with E-state index in [1.807, 2.05) is 0 Å². The fraction of sp³-hybridized carbons (Fsp3) is 0.714. The second kappa shape index (κ2) is 6.68. The maximum Gasteiger partial charge on any atom is 0.391 e. The zero-order valence-electron chi connectivity index (χ0n) is 9.30. The summed E-state index contributed by atoms with van der Waals surface area (Å²) in [5, 5.41) is 0. The van der Waals surface area contributed by atoms with Crippen molar-refractivity contribution in [2.75, 3.05) is 0 Å². The second-order valence-corrected chi connectivity index (χ2v) is 6.91. The smallest absolute Gasteiger partial charge is 0.327 e. The van der Waals surface area contributed by atoms with Crippen LogP contribution in [0.2, 0.25) is 0 Å². The van der Waals surface area contributed by atoms with Crippen molar-refractivity contribution in [3.8, 4) is 0 Å². The fourth-order valence-electron chi connectivity index (χ4n) is 1.11. The molecule has 0 fully saturated rings. The first-order valence-corrected chi connectivity index (χ1v) is 8.10. The fourth-order valence-corrected chi connectivity index (χ4v) is 2.03. The summed E-state index contributed by atoms with van der Waals surface area (Å²) < 4.78 is 21.0. The minimum Gasteiger partial charge on any atom is -0.327 e. The Morgan fingerprint density at radius 3 is 1.83 bits per heavy atom. The second-order valence-electron chi connectivity index (χ2n) is 3.73. The van der Waals surface area contributed by atoms with Crippen LogP contribution in [0.3, 0.4) is 0 Å². The van der Waals surface area contributed by atoms with Gasteiger partial charge in [0.25, 0.3) is 0 Å². The summed E-state index contributed by atoms with van der Waals surface area (Å²) in [6.45, 7) is 0. The Bertz CT molecular complexity index is 410. The first-order chi connectivity index (χ1) is 7.94. The molecule has 0 aromatic rings. The molecule has 0 saturated heterocycles. The van der Waals surface area contributed by atoms with Crippen molar-refractivity contribution in [2.45, 2.75) is 31.7 Å². The number of hydrogen-bond acceptors (Lipinski definition) is 5. The molecule has 0 amide bonds. The molecule has 0 aromatic carbocycles. The molecule has 0 aliphatic carbocycles. The Labute approximate surface area is 103 Å². The Balaban J connectivity index is 4.04. The normalized spacial score (nSPS) is 14.3. The van der Waals surface area contributed by atoms with E-state index in [4.69, 9.17) is 25.3 Å². The zero-order chi connectivity index (χ0) is 14.6. The van der Waals surface area contributed by atoms with Crippen molar-refractivity contribution in [3.05, 3.63) is 0 Å². The minimum atomic E-state index is -4.80. The molecule has 0 aliphatic heterocycles. The molecule has 6 N–H and O–H groups in total. The van der Waals surface area contributed by atoms with Crippen LogP contribution in [0.25, 0.3) is 0 Å². The molecule has 0 aromatic heterocycles. The van der Waals surface area contributed by atoms with Gasteiger partial charge >= 0.3 is 15.2 Å². The third-order valence-corrected chi connectivity index (χ3v) is 3.76. The summed E-state index contributed by atoms with van der Waals surface area (Å²) in [5.41, 5.74) is 2.88. The van der Waals surface area contributed by atoms with E-state index in [1.165, 1.54) is 0 Å². The summed E-state index contributed by atoms with van der Waals surface area (Å²) in [6.07, 6.45) is -0.868. The molecule has 0 spiro atoms. The maximum atomic E-state index is 10.9. The molecule has 0 radical (unpaired) electrons.